The van der Waals surface area contributed by atoms with Gasteiger partial charge in [-0.3, -0.25) is 4.79 Å². The van der Waals surface area contributed by atoms with Crippen LogP contribution in [0, 0.1) is 0 Å². The molecule has 6 heteroatoms. The molecule has 0 N–H and O–H groups in total. The van der Waals surface area contributed by atoms with Crippen molar-refractivity contribution >= 4 is 29.2 Å². The number of benzene rings is 2. The molecule has 4 rings (SSSR count). The number of aryl methyl sites for hydroxylation is 2. The van der Waals surface area contributed by atoms with E-state index < -0.39 is 5.97 Å². The van der Waals surface area contributed by atoms with Gasteiger partial charge in [0.15, 0.2) is 6.61 Å². The number of rotatable bonds is 4. The molecule has 1 heterocycles. The third-order valence-electron chi connectivity index (χ3n) is 5.49. The number of nitrogens with zero attached hydrogens (tertiary/aromatic N) is 2. The maximum atomic E-state index is 12.4. The first kappa shape index (κ1) is 18.8. The molecule has 0 aromatic heterocycles. The number of anilines is 1. The van der Waals surface area contributed by atoms with E-state index in [4.69, 9.17) is 16.3 Å². The van der Waals surface area contributed by atoms with Gasteiger partial charge in [-0.05, 0) is 54.7 Å². The summed E-state index contributed by atoms with van der Waals surface area (Å²) in [6.07, 6.45) is 3.21. The monoisotopic (exact) mass is 398 g/mol. The Morgan fingerprint density at radius 3 is 2.50 bits per heavy atom. The number of amides is 1. The summed E-state index contributed by atoms with van der Waals surface area (Å²) in [4.78, 5) is 28.6. The molecular formula is C22H23ClN2O3. The normalized spacial score (nSPS) is 16.0. The van der Waals surface area contributed by atoms with Gasteiger partial charge in [0.25, 0.3) is 5.91 Å². The standard InChI is InChI=1S/C22H23ClN2O3/c23-19-6-1-2-7-20(19)24-10-12-25(13-11-24)21(26)15-28-22(27)18-9-8-16-4-3-5-17(16)14-18/h1-2,6-9,14H,3-5,10-13,15H2. The first-order chi connectivity index (χ1) is 13.6. The highest BCUT2D eigenvalue weighted by Gasteiger charge is 2.23. The van der Waals surface area contributed by atoms with Gasteiger partial charge in [0.2, 0.25) is 0 Å². The molecule has 28 heavy (non-hydrogen) atoms. The number of ether oxygens (including phenoxy) is 1. The minimum Gasteiger partial charge on any atom is -0.452 e. The van der Waals surface area contributed by atoms with Gasteiger partial charge in [-0.2, -0.15) is 0 Å². The highest BCUT2D eigenvalue weighted by atomic mass is 35.5. The summed E-state index contributed by atoms with van der Waals surface area (Å²) in [6.45, 7) is 2.35. The Bertz CT molecular complexity index is 891. The predicted octanol–water partition coefficient (Wildman–Crippen LogP) is 3.33. The summed E-state index contributed by atoms with van der Waals surface area (Å²) in [5.74, 6) is -0.592. The summed E-state index contributed by atoms with van der Waals surface area (Å²) in [5, 5.41) is 0.713. The molecule has 0 bridgehead atoms. The maximum Gasteiger partial charge on any atom is 0.338 e. The topological polar surface area (TPSA) is 49.9 Å². The van der Waals surface area contributed by atoms with Crippen molar-refractivity contribution < 1.29 is 14.3 Å². The fraction of sp³-hybridized carbons (Fsp3) is 0.364. The average molecular weight is 399 g/mol. The van der Waals surface area contributed by atoms with Gasteiger partial charge in [0.05, 0.1) is 16.3 Å². The molecule has 2 aromatic carbocycles. The van der Waals surface area contributed by atoms with E-state index in [9.17, 15) is 9.59 Å². The number of fused-ring (bicyclic) bond motifs is 1. The molecule has 1 fully saturated rings. The van der Waals surface area contributed by atoms with E-state index in [1.54, 1.807) is 11.0 Å². The second-order valence-electron chi connectivity index (χ2n) is 7.23. The Kier molecular flexibility index (Phi) is 5.53. The molecular weight excluding hydrogens is 376 g/mol. The maximum absolute atomic E-state index is 12.4. The first-order valence-corrected chi connectivity index (χ1v) is 10.1. The van der Waals surface area contributed by atoms with E-state index >= 15 is 0 Å². The molecule has 0 saturated carbocycles. The number of carbonyl (C=O) groups excluding carboxylic acids is 2. The van der Waals surface area contributed by atoms with Crippen LogP contribution in [0.15, 0.2) is 42.5 Å². The molecule has 1 aliphatic carbocycles. The summed E-state index contributed by atoms with van der Waals surface area (Å²) >= 11 is 6.25. The van der Waals surface area contributed by atoms with Gasteiger partial charge in [-0.15, -0.1) is 0 Å². The second-order valence-corrected chi connectivity index (χ2v) is 7.64. The molecule has 0 atom stereocenters. The van der Waals surface area contributed by atoms with Gasteiger partial charge in [-0.25, -0.2) is 4.79 Å². The SMILES string of the molecule is O=C(OCC(=O)N1CCN(c2ccccc2Cl)CC1)c1ccc2c(c1)CCC2. The van der Waals surface area contributed by atoms with Crippen LogP contribution in [0.25, 0.3) is 0 Å². The zero-order valence-electron chi connectivity index (χ0n) is 15.7. The highest BCUT2D eigenvalue weighted by molar-refractivity contribution is 6.33. The number of piperazine rings is 1. The molecule has 1 amide bonds. The van der Waals surface area contributed by atoms with E-state index in [-0.39, 0.29) is 12.5 Å². The Morgan fingerprint density at radius 2 is 1.71 bits per heavy atom. The molecule has 1 aliphatic heterocycles. The molecule has 146 valence electrons. The van der Waals surface area contributed by atoms with Crippen LogP contribution in [-0.2, 0) is 22.4 Å². The van der Waals surface area contributed by atoms with E-state index in [1.165, 1.54) is 11.1 Å². The first-order valence-electron chi connectivity index (χ1n) is 9.68. The van der Waals surface area contributed by atoms with Gasteiger partial charge in [0, 0.05) is 26.2 Å². The number of halogens is 1. The third kappa shape index (κ3) is 3.99. The third-order valence-corrected chi connectivity index (χ3v) is 5.81. The fourth-order valence-corrected chi connectivity index (χ4v) is 4.16. The van der Waals surface area contributed by atoms with Gasteiger partial charge < -0.3 is 14.5 Å². The minimum atomic E-state index is -0.433. The summed E-state index contributed by atoms with van der Waals surface area (Å²) in [5.41, 5.74) is 4.04. The van der Waals surface area contributed by atoms with Crippen molar-refractivity contribution in [3.8, 4) is 0 Å². The largest absolute Gasteiger partial charge is 0.452 e. The zero-order valence-corrected chi connectivity index (χ0v) is 16.5. The molecule has 2 aromatic rings. The molecule has 1 saturated heterocycles. The number of esters is 1. The lowest BCUT2D eigenvalue weighted by molar-refractivity contribution is -0.134. The Morgan fingerprint density at radius 1 is 0.964 bits per heavy atom. The van der Waals surface area contributed by atoms with Crippen molar-refractivity contribution in [1.82, 2.24) is 4.90 Å². The lowest BCUT2D eigenvalue weighted by Crippen LogP contribution is -2.50. The lowest BCUT2D eigenvalue weighted by Gasteiger charge is -2.36. The van der Waals surface area contributed by atoms with Crippen LogP contribution < -0.4 is 4.90 Å². The van der Waals surface area contributed by atoms with E-state index in [0.29, 0.717) is 36.8 Å². The van der Waals surface area contributed by atoms with Crippen molar-refractivity contribution in [2.45, 2.75) is 19.3 Å². The average Bonchev–Trinajstić information content (AvgIpc) is 3.20. The van der Waals surface area contributed by atoms with Crippen molar-refractivity contribution in [2.24, 2.45) is 0 Å². The van der Waals surface area contributed by atoms with Gasteiger partial charge >= 0.3 is 5.97 Å². The number of para-hydroxylation sites is 1. The molecule has 0 radical (unpaired) electrons. The van der Waals surface area contributed by atoms with Crippen LogP contribution in [0.1, 0.15) is 27.9 Å². The molecule has 5 nitrogen and oxygen atoms in total. The number of hydrogen-bond donors (Lipinski definition) is 0. The van der Waals surface area contributed by atoms with Gasteiger partial charge in [0.1, 0.15) is 0 Å². The van der Waals surface area contributed by atoms with E-state index in [2.05, 4.69) is 4.90 Å². The molecule has 0 unspecified atom stereocenters. The Hall–Kier alpha value is -2.53. The summed E-state index contributed by atoms with van der Waals surface area (Å²) < 4.78 is 5.27. The second kappa shape index (κ2) is 8.23. The van der Waals surface area contributed by atoms with Crippen molar-refractivity contribution in [1.29, 1.82) is 0 Å². The molecule has 2 aliphatic rings. The fourth-order valence-electron chi connectivity index (χ4n) is 3.91. The van der Waals surface area contributed by atoms with Crippen LogP contribution in [0.2, 0.25) is 5.02 Å². The van der Waals surface area contributed by atoms with Crippen LogP contribution in [0.3, 0.4) is 0 Å². The van der Waals surface area contributed by atoms with E-state index in [1.807, 2.05) is 36.4 Å². The van der Waals surface area contributed by atoms with Crippen molar-refractivity contribution in [3.63, 3.8) is 0 Å². The Balaban J connectivity index is 1.28. The predicted molar refractivity (Wildman–Crippen MR) is 109 cm³/mol. The van der Waals surface area contributed by atoms with E-state index in [0.717, 1.165) is 24.9 Å². The highest BCUT2D eigenvalue weighted by Crippen LogP contribution is 2.26. The summed E-state index contributed by atoms with van der Waals surface area (Å²) in [6, 6.07) is 13.4. The van der Waals surface area contributed by atoms with Crippen molar-refractivity contribution in [3.05, 3.63) is 64.2 Å². The van der Waals surface area contributed by atoms with Gasteiger partial charge in [-0.1, -0.05) is 29.8 Å². The van der Waals surface area contributed by atoms with Crippen LogP contribution in [0.5, 0.6) is 0 Å². The molecule has 0 spiro atoms. The number of carbonyl (C=O) groups is 2. The zero-order chi connectivity index (χ0) is 19.5. The summed E-state index contributed by atoms with van der Waals surface area (Å²) in [7, 11) is 0. The Labute approximate surface area is 169 Å². The quantitative estimate of drug-likeness (QED) is 0.741. The smallest absolute Gasteiger partial charge is 0.338 e. The van der Waals surface area contributed by atoms with Crippen molar-refractivity contribution in [2.75, 3.05) is 37.7 Å². The number of hydrogen-bond acceptors (Lipinski definition) is 4. The minimum absolute atomic E-state index is 0.159. The van der Waals surface area contributed by atoms with Crippen LogP contribution >= 0.6 is 11.6 Å². The van der Waals surface area contributed by atoms with Crippen LogP contribution in [0.4, 0.5) is 5.69 Å². The lowest BCUT2D eigenvalue weighted by atomic mass is 10.1. The van der Waals surface area contributed by atoms with Crippen LogP contribution in [-0.4, -0.2) is 49.6 Å².